The number of hydrogen-bond donors (Lipinski definition) is 4. The van der Waals surface area contributed by atoms with Crippen molar-refractivity contribution in [1.29, 1.82) is 0 Å². The third kappa shape index (κ3) is 6.53. The third-order valence-electron chi connectivity index (χ3n) is 2.95. The zero-order chi connectivity index (χ0) is 17.4. The molecule has 5 N–H and O–H groups in total. The zero-order valence-electron chi connectivity index (χ0n) is 13.1. The van der Waals surface area contributed by atoms with Crippen LogP contribution in [0.1, 0.15) is 27.2 Å². The normalized spacial score (nSPS) is 14.6. The molecule has 3 atom stereocenters. The van der Waals surface area contributed by atoms with Crippen LogP contribution in [0.5, 0.6) is 0 Å². The Kier molecular flexibility index (Phi) is 8.10. The molecule has 9 heteroatoms. The van der Waals surface area contributed by atoms with Gasteiger partial charge in [0.2, 0.25) is 11.8 Å². The third-order valence-corrected chi connectivity index (χ3v) is 2.95. The summed E-state index contributed by atoms with van der Waals surface area (Å²) in [6.45, 7) is 4.81. The molecule has 0 aromatic heterocycles. The maximum Gasteiger partial charge on any atom is 0.328 e. The first-order valence-corrected chi connectivity index (χ1v) is 6.76. The number of carbonyl (C=O) groups excluding carboxylic acids is 3. The molecule has 0 fully saturated rings. The largest absolute Gasteiger partial charge is 0.481 e. The number of rotatable bonds is 8. The number of aliphatic carboxylic acids is 1. The average Bonchev–Trinajstić information content (AvgIpc) is 2.43. The number of hydrogen-bond acceptors (Lipinski definition) is 6. The van der Waals surface area contributed by atoms with E-state index in [-0.39, 0.29) is 5.92 Å². The molecule has 0 spiro atoms. The van der Waals surface area contributed by atoms with Crippen LogP contribution in [0, 0.1) is 5.92 Å². The van der Waals surface area contributed by atoms with Crippen LogP contribution >= 0.6 is 0 Å². The van der Waals surface area contributed by atoms with Crippen molar-refractivity contribution in [3.05, 3.63) is 0 Å². The Hall–Kier alpha value is -2.16. The molecule has 0 aliphatic rings. The van der Waals surface area contributed by atoms with Gasteiger partial charge in [-0.15, -0.1) is 0 Å². The van der Waals surface area contributed by atoms with Crippen LogP contribution in [0.4, 0.5) is 0 Å². The quantitative estimate of drug-likeness (QED) is 0.403. The van der Waals surface area contributed by atoms with E-state index in [1.165, 1.54) is 6.92 Å². The molecule has 0 unspecified atom stereocenters. The van der Waals surface area contributed by atoms with Crippen LogP contribution in [0.15, 0.2) is 0 Å². The molecular formula is C13H23N3O6. The molecule has 0 aliphatic heterocycles. The van der Waals surface area contributed by atoms with Gasteiger partial charge in [-0.3, -0.25) is 14.4 Å². The van der Waals surface area contributed by atoms with Gasteiger partial charge in [-0.2, -0.15) is 0 Å². The SMILES string of the molecule is COC(=O)[C@@H](C)NC(=O)[C@H](CC(=O)O)NC(=O)[C@H](N)C(C)C. The number of carboxylic acid groups (broad SMARTS) is 1. The molecular weight excluding hydrogens is 294 g/mol. The van der Waals surface area contributed by atoms with Crippen LogP contribution in [0.3, 0.4) is 0 Å². The topological polar surface area (TPSA) is 148 Å². The molecule has 0 heterocycles. The summed E-state index contributed by atoms with van der Waals surface area (Å²) in [4.78, 5) is 45.9. The Balaban J connectivity index is 4.90. The molecule has 0 rings (SSSR count). The van der Waals surface area contributed by atoms with Crippen LogP contribution in [0.25, 0.3) is 0 Å². The number of methoxy groups -OCH3 is 1. The van der Waals surface area contributed by atoms with Crippen LogP contribution in [-0.2, 0) is 23.9 Å². The second-order valence-corrected chi connectivity index (χ2v) is 5.18. The highest BCUT2D eigenvalue weighted by Crippen LogP contribution is 2.01. The van der Waals surface area contributed by atoms with Gasteiger partial charge in [-0.1, -0.05) is 13.8 Å². The summed E-state index contributed by atoms with van der Waals surface area (Å²) < 4.78 is 4.45. The molecule has 0 aromatic rings. The first-order chi connectivity index (χ1) is 10.1. The maximum atomic E-state index is 12.0. The van der Waals surface area contributed by atoms with E-state index < -0.39 is 48.3 Å². The molecule has 9 nitrogen and oxygen atoms in total. The summed E-state index contributed by atoms with van der Waals surface area (Å²) in [5.74, 6) is -3.58. The second kappa shape index (κ2) is 8.98. The van der Waals surface area contributed by atoms with Crippen molar-refractivity contribution in [3.8, 4) is 0 Å². The monoisotopic (exact) mass is 317 g/mol. The van der Waals surface area contributed by atoms with Gasteiger partial charge in [0.15, 0.2) is 0 Å². The van der Waals surface area contributed by atoms with Crippen LogP contribution in [-0.4, -0.2) is 54.1 Å². The highest BCUT2D eigenvalue weighted by Gasteiger charge is 2.29. The van der Waals surface area contributed by atoms with Gasteiger partial charge < -0.3 is 26.2 Å². The van der Waals surface area contributed by atoms with Crippen molar-refractivity contribution >= 4 is 23.8 Å². The van der Waals surface area contributed by atoms with Gasteiger partial charge in [-0.25, -0.2) is 4.79 Å². The fourth-order valence-corrected chi connectivity index (χ4v) is 1.50. The minimum absolute atomic E-state index is 0.178. The average molecular weight is 317 g/mol. The maximum absolute atomic E-state index is 12.0. The summed E-state index contributed by atoms with van der Waals surface area (Å²) in [6, 6.07) is -3.17. The van der Waals surface area contributed by atoms with Crippen LogP contribution in [0.2, 0.25) is 0 Å². The Labute approximate surface area is 128 Å². The van der Waals surface area contributed by atoms with Crippen molar-refractivity contribution in [3.63, 3.8) is 0 Å². The lowest BCUT2D eigenvalue weighted by molar-refractivity contribution is -0.145. The Morgan fingerprint density at radius 3 is 2.05 bits per heavy atom. The molecule has 0 bridgehead atoms. The molecule has 0 radical (unpaired) electrons. The van der Waals surface area contributed by atoms with Crippen molar-refractivity contribution in [2.24, 2.45) is 11.7 Å². The molecule has 126 valence electrons. The van der Waals surface area contributed by atoms with Gasteiger partial charge in [0.25, 0.3) is 0 Å². The van der Waals surface area contributed by atoms with Crippen molar-refractivity contribution < 1.29 is 29.0 Å². The Bertz CT molecular complexity index is 437. The molecule has 0 saturated heterocycles. The Morgan fingerprint density at radius 1 is 1.09 bits per heavy atom. The van der Waals surface area contributed by atoms with E-state index in [1.54, 1.807) is 13.8 Å². The lowest BCUT2D eigenvalue weighted by Gasteiger charge is -2.22. The molecule has 0 saturated carbocycles. The summed E-state index contributed by atoms with van der Waals surface area (Å²) in [6.07, 6.45) is -0.629. The highest BCUT2D eigenvalue weighted by molar-refractivity contribution is 5.94. The number of ether oxygens (including phenoxy) is 1. The molecule has 0 aromatic carbocycles. The van der Waals surface area contributed by atoms with Gasteiger partial charge >= 0.3 is 11.9 Å². The van der Waals surface area contributed by atoms with E-state index in [1.807, 2.05) is 0 Å². The summed E-state index contributed by atoms with van der Waals surface area (Å²) >= 11 is 0. The van der Waals surface area contributed by atoms with Crippen molar-refractivity contribution in [2.75, 3.05) is 7.11 Å². The van der Waals surface area contributed by atoms with Gasteiger partial charge in [0, 0.05) is 0 Å². The van der Waals surface area contributed by atoms with E-state index in [9.17, 15) is 19.2 Å². The summed E-state index contributed by atoms with van der Waals surface area (Å²) in [5, 5.41) is 13.4. The first kappa shape index (κ1) is 19.8. The standard InChI is InChI=1S/C13H23N3O6/c1-6(2)10(14)12(20)16-8(5-9(17)18)11(19)15-7(3)13(21)22-4/h6-8,10H,5,14H2,1-4H3,(H,15,19)(H,16,20)(H,17,18)/t7-,8+,10-/m1/s1. The number of nitrogens with two attached hydrogens (primary N) is 1. The number of carboxylic acids is 1. The highest BCUT2D eigenvalue weighted by atomic mass is 16.5. The molecule has 0 aliphatic carbocycles. The van der Waals surface area contributed by atoms with E-state index in [0.29, 0.717) is 0 Å². The van der Waals surface area contributed by atoms with Gasteiger partial charge in [0.1, 0.15) is 12.1 Å². The zero-order valence-corrected chi connectivity index (χ0v) is 13.1. The summed E-state index contributed by atoms with van der Waals surface area (Å²) in [5.41, 5.74) is 5.64. The second-order valence-electron chi connectivity index (χ2n) is 5.18. The number of nitrogens with one attached hydrogen (secondary N) is 2. The van der Waals surface area contributed by atoms with E-state index in [4.69, 9.17) is 10.8 Å². The van der Waals surface area contributed by atoms with Crippen LogP contribution < -0.4 is 16.4 Å². The fraction of sp³-hybridized carbons (Fsp3) is 0.692. The molecule has 2 amide bonds. The summed E-state index contributed by atoms with van der Waals surface area (Å²) in [7, 11) is 1.16. The number of esters is 1. The number of amides is 2. The first-order valence-electron chi connectivity index (χ1n) is 6.76. The Morgan fingerprint density at radius 2 is 1.64 bits per heavy atom. The lowest BCUT2D eigenvalue weighted by Crippen LogP contribution is -2.55. The predicted molar refractivity (Wildman–Crippen MR) is 76.6 cm³/mol. The molecule has 22 heavy (non-hydrogen) atoms. The predicted octanol–water partition coefficient (Wildman–Crippen LogP) is -1.39. The van der Waals surface area contributed by atoms with Gasteiger partial charge in [-0.05, 0) is 12.8 Å². The minimum atomic E-state index is -1.33. The van der Waals surface area contributed by atoms with E-state index >= 15 is 0 Å². The van der Waals surface area contributed by atoms with Crippen molar-refractivity contribution in [1.82, 2.24) is 10.6 Å². The fourth-order valence-electron chi connectivity index (χ4n) is 1.50. The lowest BCUT2D eigenvalue weighted by atomic mass is 10.0. The van der Waals surface area contributed by atoms with Gasteiger partial charge in [0.05, 0.1) is 19.6 Å². The smallest absolute Gasteiger partial charge is 0.328 e. The minimum Gasteiger partial charge on any atom is -0.481 e. The van der Waals surface area contributed by atoms with Crippen molar-refractivity contribution in [2.45, 2.75) is 45.3 Å². The van der Waals surface area contributed by atoms with E-state index in [0.717, 1.165) is 7.11 Å². The number of carbonyl (C=O) groups is 4. The van der Waals surface area contributed by atoms with E-state index in [2.05, 4.69) is 15.4 Å².